The van der Waals surface area contributed by atoms with Crippen LogP contribution >= 0.6 is 0 Å². The van der Waals surface area contributed by atoms with Gasteiger partial charge in [-0.1, -0.05) is 0 Å². The molecule has 5 heteroatoms. The molecule has 1 heterocycles. The maximum Gasteiger partial charge on any atom is 0.348 e. The second-order valence-electron chi connectivity index (χ2n) is 4.56. The molecule has 0 radical (unpaired) electrons. The first-order valence-corrected chi connectivity index (χ1v) is 5.93. The van der Waals surface area contributed by atoms with Crippen molar-refractivity contribution in [2.24, 2.45) is 0 Å². The third kappa shape index (κ3) is 2.46. The number of rotatable bonds is 3. The van der Waals surface area contributed by atoms with E-state index in [1.807, 2.05) is 0 Å². The number of hydrogen-bond acceptors (Lipinski definition) is 3. The second-order valence-corrected chi connectivity index (χ2v) is 4.56. The molecule has 0 amide bonds. The zero-order chi connectivity index (χ0) is 13.2. The first-order valence-electron chi connectivity index (χ1n) is 5.93. The molecule has 2 N–H and O–H groups in total. The molecule has 0 spiro atoms. The fourth-order valence-electron chi connectivity index (χ4n) is 2.13. The molecule has 1 saturated heterocycles. The molecule has 1 aromatic carbocycles. The number of halogens is 1. The first-order chi connectivity index (χ1) is 8.53. The minimum absolute atomic E-state index is 0.352. The molecule has 1 fully saturated rings. The Hall–Kier alpha value is -1.62. The van der Waals surface area contributed by atoms with Crippen LogP contribution in [0.5, 0.6) is 5.75 Å². The van der Waals surface area contributed by atoms with E-state index in [2.05, 4.69) is 5.32 Å². The third-order valence-electron chi connectivity index (χ3n) is 3.24. The number of piperidine rings is 1. The summed E-state index contributed by atoms with van der Waals surface area (Å²) in [6, 6.07) is 4.10. The normalized spacial score (nSPS) is 18.3. The molecule has 4 nitrogen and oxygen atoms in total. The van der Waals surface area contributed by atoms with E-state index >= 15 is 0 Å². The lowest BCUT2D eigenvalue weighted by Gasteiger charge is -2.34. The van der Waals surface area contributed by atoms with Gasteiger partial charge in [0.25, 0.3) is 0 Å². The fourth-order valence-corrected chi connectivity index (χ4v) is 2.13. The standard InChI is InChI=1S/C13H16FNO3/c1-9-8-10(14)2-3-11(9)18-13(12(16)17)4-6-15-7-5-13/h2-3,8,15H,4-7H2,1H3,(H,16,17). The lowest BCUT2D eigenvalue weighted by molar-refractivity contribution is -0.157. The second kappa shape index (κ2) is 4.94. The molecule has 98 valence electrons. The fraction of sp³-hybridized carbons (Fsp3) is 0.462. The van der Waals surface area contributed by atoms with Crippen molar-refractivity contribution < 1.29 is 19.0 Å². The Morgan fingerprint density at radius 3 is 2.67 bits per heavy atom. The topological polar surface area (TPSA) is 58.6 Å². The summed E-state index contributed by atoms with van der Waals surface area (Å²) in [4.78, 5) is 11.4. The molecule has 1 aromatic rings. The zero-order valence-corrected chi connectivity index (χ0v) is 10.2. The van der Waals surface area contributed by atoms with Crippen LogP contribution in [0.15, 0.2) is 18.2 Å². The smallest absolute Gasteiger partial charge is 0.348 e. The molecule has 0 unspecified atom stereocenters. The van der Waals surface area contributed by atoms with E-state index in [0.29, 0.717) is 37.2 Å². The highest BCUT2D eigenvalue weighted by Gasteiger charge is 2.42. The van der Waals surface area contributed by atoms with Gasteiger partial charge in [-0.3, -0.25) is 0 Å². The Morgan fingerprint density at radius 1 is 1.44 bits per heavy atom. The summed E-state index contributed by atoms with van der Waals surface area (Å²) in [5, 5.41) is 12.5. The summed E-state index contributed by atoms with van der Waals surface area (Å²) < 4.78 is 18.7. The molecule has 18 heavy (non-hydrogen) atoms. The number of carboxylic acid groups (broad SMARTS) is 1. The number of hydrogen-bond donors (Lipinski definition) is 2. The summed E-state index contributed by atoms with van der Waals surface area (Å²) in [6.45, 7) is 2.91. The Kier molecular flexibility index (Phi) is 3.52. The van der Waals surface area contributed by atoms with Crippen molar-refractivity contribution in [2.45, 2.75) is 25.4 Å². The highest BCUT2D eigenvalue weighted by molar-refractivity contribution is 5.78. The van der Waals surface area contributed by atoms with Gasteiger partial charge in [0.2, 0.25) is 5.60 Å². The molecule has 1 aliphatic heterocycles. The lowest BCUT2D eigenvalue weighted by atomic mass is 9.92. The number of aryl methyl sites for hydroxylation is 1. The first kappa shape index (κ1) is 12.8. The summed E-state index contributed by atoms with van der Waals surface area (Å²) in [6.07, 6.45) is 0.804. The quantitative estimate of drug-likeness (QED) is 0.861. The summed E-state index contributed by atoms with van der Waals surface area (Å²) >= 11 is 0. The van der Waals surface area contributed by atoms with E-state index in [9.17, 15) is 14.3 Å². The van der Waals surface area contributed by atoms with Gasteiger partial charge in [-0.05, 0) is 43.8 Å². The molecule has 0 aromatic heterocycles. The van der Waals surface area contributed by atoms with Gasteiger partial charge in [0.1, 0.15) is 11.6 Å². The predicted octanol–water partition coefficient (Wildman–Crippen LogP) is 1.72. The Bertz CT molecular complexity index is 456. The van der Waals surface area contributed by atoms with Crippen molar-refractivity contribution in [3.8, 4) is 5.75 Å². The summed E-state index contributed by atoms with van der Waals surface area (Å²) in [5.74, 6) is -0.886. The van der Waals surface area contributed by atoms with Crippen molar-refractivity contribution in [3.05, 3.63) is 29.6 Å². The van der Waals surface area contributed by atoms with Crippen LogP contribution in [-0.2, 0) is 4.79 Å². The van der Waals surface area contributed by atoms with E-state index in [4.69, 9.17) is 4.74 Å². The zero-order valence-electron chi connectivity index (χ0n) is 10.2. The number of carboxylic acids is 1. The lowest BCUT2D eigenvalue weighted by Crippen LogP contribution is -2.52. The average Bonchev–Trinajstić information content (AvgIpc) is 2.34. The van der Waals surface area contributed by atoms with Crippen LogP contribution in [0.25, 0.3) is 0 Å². The number of benzene rings is 1. The number of carbonyl (C=O) groups is 1. The van der Waals surface area contributed by atoms with Crippen LogP contribution in [0.3, 0.4) is 0 Å². The van der Waals surface area contributed by atoms with E-state index in [0.717, 1.165) is 0 Å². The number of ether oxygens (including phenoxy) is 1. The predicted molar refractivity (Wildman–Crippen MR) is 64.2 cm³/mol. The highest BCUT2D eigenvalue weighted by atomic mass is 19.1. The molecular weight excluding hydrogens is 237 g/mol. The Morgan fingerprint density at radius 2 is 2.11 bits per heavy atom. The third-order valence-corrected chi connectivity index (χ3v) is 3.24. The molecule has 0 aliphatic carbocycles. The Labute approximate surface area is 105 Å². The monoisotopic (exact) mass is 253 g/mol. The van der Waals surface area contributed by atoms with Crippen LogP contribution in [0.1, 0.15) is 18.4 Å². The van der Waals surface area contributed by atoms with Crippen molar-refractivity contribution in [2.75, 3.05) is 13.1 Å². The van der Waals surface area contributed by atoms with Gasteiger partial charge in [-0.2, -0.15) is 0 Å². The van der Waals surface area contributed by atoms with E-state index in [-0.39, 0.29) is 5.82 Å². The molecule has 0 saturated carbocycles. The maximum atomic E-state index is 13.0. The number of aliphatic carboxylic acids is 1. The minimum atomic E-state index is -1.20. The van der Waals surface area contributed by atoms with Crippen molar-refractivity contribution >= 4 is 5.97 Å². The van der Waals surface area contributed by atoms with Crippen LogP contribution in [0.2, 0.25) is 0 Å². The summed E-state index contributed by atoms with van der Waals surface area (Å²) in [5.41, 5.74) is -0.595. The van der Waals surface area contributed by atoms with Gasteiger partial charge in [0.05, 0.1) is 0 Å². The minimum Gasteiger partial charge on any atom is -0.478 e. The van der Waals surface area contributed by atoms with Gasteiger partial charge in [-0.25, -0.2) is 9.18 Å². The van der Waals surface area contributed by atoms with E-state index in [1.165, 1.54) is 18.2 Å². The van der Waals surface area contributed by atoms with Gasteiger partial charge in [-0.15, -0.1) is 0 Å². The SMILES string of the molecule is Cc1cc(F)ccc1OC1(C(=O)O)CCNCC1. The molecular formula is C13H16FNO3. The van der Waals surface area contributed by atoms with Crippen LogP contribution in [0.4, 0.5) is 4.39 Å². The summed E-state index contributed by atoms with van der Waals surface area (Å²) in [7, 11) is 0. The van der Waals surface area contributed by atoms with Crippen molar-refractivity contribution in [3.63, 3.8) is 0 Å². The number of nitrogens with one attached hydrogen (secondary N) is 1. The van der Waals surface area contributed by atoms with Crippen molar-refractivity contribution in [1.29, 1.82) is 0 Å². The average molecular weight is 253 g/mol. The van der Waals surface area contributed by atoms with Crippen LogP contribution in [-0.4, -0.2) is 29.8 Å². The van der Waals surface area contributed by atoms with Crippen LogP contribution in [0, 0.1) is 12.7 Å². The molecule has 1 aliphatic rings. The van der Waals surface area contributed by atoms with Gasteiger partial charge in [0, 0.05) is 12.8 Å². The van der Waals surface area contributed by atoms with Gasteiger partial charge in [0.15, 0.2) is 0 Å². The molecule has 0 bridgehead atoms. The van der Waals surface area contributed by atoms with Gasteiger partial charge >= 0.3 is 5.97 Å². The van der Waals surface area contributed by atoms with Crippen LogP contribution < -0.4 is 10.1 Å². The van der Waals surface area contributed by atoms with Crippen molar-refractivity contribution in [1.82, 2.24) is 5.32 Å². The highest BCUT2D eigenvalue weighted by Crippen LogP contribution is 2.29. The van der Waals surface area contributed by atoms with E-state index < -0.39 is 11.6 Å². The van der Waals surface area contributed by atoms with Gasteiger partial charge < -0.3 is 15.2 Å². The van der Waals surface area contributed by atoms with E-state index in [1.54, 1.807) is 6.92 Å². The maximum absolute atomic E-state index is 13.0. The Balaban J connectivity index is 2.26. The largest absolute Gasteiger partial charge is 0.478 e. The molecule has 2 rings (SSSR count). The molecule has 0 atom stereocenters.